The number of nitrogens with one attached hydrogen (secondary N) is 3. The number of methoxy groups -OCH3 is 1. The van der Waals surface area contributed by atoms with Gasteiger partial charge in [-0.15, -0.1) is 0 Å². The first-order valence-corrected chi connectivity index (χ1v) is 10.9. The molecular weight excluding hydrogens is 380 g/mol. The van der Waals surface area contributed by atoms with Crippen LogP contribution in [-0.2, 0) is 11.3 Å². The second kappa shape index (κ2) is 13.5. The molecule has 0 unspecified atom stereocenters. The van der Waals surface area contributed by atoms with Crippen molar-refractivity contribution in [2.45, 2.75) is 52.5 Å². The molecule has 0 atom stereocenters. The van der Waals surface area contributed by atoms with Gasteiger partial charge in [0.2, 0.25) is 0 Å². The number of likely N-dealkylation sites (N-methyl/N-ethyl adjacent to an activating group) is 1. The molecule has 0 saturated carbocycles. The molecule has 30 heavy (non-hydrogen) atoms. The minimum Gasteiger partial charge on any atom is -0.493 e. The summed E-state index contributed by atoms with van der Waals surface area (Å²) in [5.74, 6) is 1.79. The van der Waals surface area contributed by atoms with Crippen LogP contribution in [0.3, 0.4) is 0 Å². The first-order chi connectivity index (χ1) is 14.7. The lowest BCUT2D eigenvalue weighted by Gasteiger charge is -2.15. The van der Waals surface area contributed by atoms with Crippen LogP contribution in [0.4, 0.5) is 0 Å². The average Bonchev–Trinajstić information content (AvgIpc) is 2.77. The Labute approximate surface area is 180 Å². The predicted molar refractivity (Wildman–Crippen MR) is 121 cm³/mol. The molecule has 166 valence electrons. The van der Waals surface area contributed by atoms with Gasteiger partial charge in [0.25, 0.3) is 5.91 Å². The molecule has 3 N–H and O–H groups in total. The van der Waals surface area contributed by atoms with Gasteiger partial charge >= 0.3 is 0 Å². The van der Waals surface area contributed by atoms with Gasteiger partial charge in [-0.3, -0.25) is 4.79 Å². The molecule has 7 nitrogen and oxygen atoms in total. The number of carbonyl (C=O) groups excluding carboxylic acids is 1. The van der Waals surface area contributed by atoms with Gasteiger partial charge in [0.05, 0.1) is 13.7 Å². The maximum absolute atomic E-state index is 11.6. The van der Waals surface area contributed by atoms with E-state index in [2.05, 4.69) is 33.9 Å². The van der Waals surface area contributed by atoms with Crippen LogP contribution in [0.15, 0.2) is 34.8 Å². The third-order valence-electron chi connectivity index (χ3n) is 4.85. The second-order valence-corrected chi connectivity index (χ2v) is 7.21. The van der Waals surface area contributed by atoms with Gasteiger partial charge in [0, 0.05) is 19.6 Å². The molecule has 0 saturated heterocycles. The van der Waals surface area contributed by atoms with Gasteiger partial charge in [-0.05, 0) is 63.6 Å². The molecule has 0 radical (unpaired) electrons. The van der Waals surface area contributed by atoms with E-state index in [1.807, 2.05) is 25.1 Å². The molecule has 0 bridgehead atoms. The van der Waals surface area contributed by atoms with E-state index in [-0.39, 0.29) is 12.5 Å². The predicted octanol–water partition coefficient (Wildman–Crippen LogP) is 3.16. The highest BCUT2D eigenvalue weighted by Crippen LogP contribution is 2.28. The maximum atomic E-state index is 11.6. The lowest BCUT2D eigenvalue weighted by molar-refractivity contribution is -0.123. The topological polar surface area (TPSA) is 84.0 Å². The summed E-state index contributed by atoms with van der Waals surface area (Å²) < 4.78 is 11.0. The fourth-order valence-corrected chi connectivity index (χ4v) is 3.31. The first-order valence-electron chi connectivity index (χ1n) is 10.9. The van der Waals surface area contributed by atoms with Gasteiger partial charge in [-0.25, -0.2) is 4.99 Å². The fourth-order valence-electron chi connectivity index (χ4n) is 3.31. The Kier molecular flexibility index (Phi) is 10.6. The summed E-state index contributed by atoms with van der Waals surface area (Å²) in [6, 6.07) is 5.65. The van der Waals surface area contributed by atoms with Crippen molar-refractivity contribution >= 4 is 11.9 Å². The van der Waals surface area contributed by atoms with Gasteiger partial charge < -0.3 is 25.4 Å². The SMILES string of the molecule is CCNC(=O)COc1ccc(CN=C(NCC)NCCC2=CCCCC2)cc1OC. The standard InChI is InChI=1S/C23H36N4O3/c1-4-24-22(28)17-30-20-12-11-19(15-21(20)29-3)16-27-23(25-5-2)26-14-13-18-9-7-6-8-10-18/h9,11-12,15H,4-8,10,13-14,16-17H2,1-3H3,(H,24,28)(H2,25,26,27). The molecule has 1 aromatic carbocycles. The van der Waals surface area contributed by atoms with Crippen LogP contribution in [0.1, 0.15) is 51.5 Å². The zero-order valence-electron chi connectivity index (χ0n) is 18.6. The molecule has 1 aromatic rings. The molecule has 7 heteroatoms. The summed E-state index contributed by atoms with van der Waals surface area (Å²) in [5.41, 5.74) is 2.56. The molecule has 1 amide bonds. The summed E-state index contributed by atoms with van der Waals surface area (Å²) in [7, 11) is 1.59. The molecule has 0 heterocycles. The van der Waals surface area contributed by atoms with Gasteiger partial charge in [-0.1, -0.05) is 17.7 Å². The van der Waals surface area contributed by atoms with Crippen molar-refractivity contribution in [3.8, 4) is 11.5 Å². The number of guanidine groups is 1. The summed E-state index contributed by atoms with van der Waals surface area (Å²) in [6.45, 7) is 6.69. The van der Waals surface area contributed by atoms with E-state index in [0.29, 0.717) is 24.6 Å². The van der Waals surface area contributed by atoms with Crippen molar-refractivity contribution in [2.24, 2.45) is 4.99 Å². The molecule has 0 fully saturated rings. The molecule has 0 aliphatic heterocycles. The van der Waals surface area contributed by atoms with E-state index >= 15 is 0 Å². The van der Waals surface area contributed by atoms with Crippen LogP contribution in [0.5, 0.6) is 11.5 Å². The Hall–Kier alpha value is -2.70. The summed E-state index contributed by atoms with van der Waals surface area (Å²) in [6.07, 6.45) is 8.52. The number of aliphatic imine (C=N–C) groups is 1. The molecule has 0 spiro atoms. The number of allylic oxidation sites excluding steroid dienone is 1. The monoisotopic (exact) mass is 416 g/mol. The van der Waals surface area contributed by atoms with Crippen molar-refractivity contribution in [1.29, 1.82) is 0 Å². The number of amides is 1. The van der Waals surface area contributed by atoms with E-state index < -0.39 is 0 Å². The lowest BCUT2D eigenvalue weighted by atomic mass is 9.97. The van der Waals surface area contributed by atoms with Crippen molar-refractivity contribution < 1.29 is 14.3 Å². The number of carbonyl (C=O) groups is 1. The van der Waals surface area contributed by atoms with Crippen LogP contribution in [0.2, 0.25) is 0 Å². The van der Waals surface area contributed by atoms with Crippen LogP contribution in [0, 0.1) is 0 Å². The molecule has 2 rings (SSSR count). The molecule has 0 aromatic heterocycles. The van der Waals surface area contributed by atoms with Crippen molar-refractivity contribution in [1.82, 2.24) is 16.0 Å². The van der Waals surface area contributed by atoms with Gasteiger partial charge in [0.15, 0.2) is 24.1 Å². The van der Waals surface area contributed by atoms with Crippen LogP contribution in [-0.4, -0.2) is 45.2 Å². The van der Waals surface area contributed by atoms with Crippen LogP contribution >= 0.6 is 0 Å². The summed E-state index contributed by atoms with van der Waals surface area (Å²) in [4.78, 5) is 16.3. The van der Waals surface area contributed by atoms with Crippen molar-refractivity contribution in [3.05, 3.63) is 35.4 Å². The van der Waals surface area contributed by atoms with E-state index in [1.54, 1.807) is 12.7 Å². The number of benzene rings is 1. The smallest absolute Gasteiger partial charge is 0.257 e. The maximum Gasteiger partial charge on any atom is 0.257 e. The normalized spacial score (nSPS) is 14.0. The summed E-state index contributed by atoms with van der Waals surface area (Å²) >= 11 is 0. The Morgan fingerprint density at radius 3 is 2.63 bits per heavy atom. The quantitative estimate of drug-likeness (QED) is 0.293. The Balaban J connectivity index is 1.91. The van der Waals surface area contributed by atoms with Gasteiger partial charge in [-0.2, -0.15) is 0 Å². The van der Waals surface area contributed by atoms with Gasteiger partial charge in [0.1, 0.15) is 0 Å². The molecule has 1 aliphatic rings. The number of hydrogen-bond donors (Lipinski definition) is 3. The highest BCUT2D eigenvalue weighted by molar-refractivity contribution is 5.79. The second-order valence-electron chi connectivity index (χ2n) is 7.21. The number of nitrogens with zero attached hydrogens (tertiary/aromatic N) is 1. The highest BCUT2D eigenvalue weighted by Gasteiger charge is 2.09. The fraction of sp³-hybridized carbons (Fsp3) is 0.565. The van der Waals surface area contributed by atoms with E-state index in [4.69, 9.17) is 9.47 Å². The number of hydrogen-bond acceptors (Lipinski definition) is 4. The largest absolute Gasteiger partial charge is 0.493 e. The number of ether oxygens (including phenoxy) is 2. The molecule has 1 aliphatic carbocycles. The zero-order valence-corrected chi connectivity index (χ0v) is 18.6. The van der Waals surface area contributed by atoms with E-state index in [1.165, 1.54) is 25.7 Å². The third kappa shape index (κ3) is 8.35. The van der Waals surface area contributed by atoms with Crippen molar-refractivity contribution in [3.63, 3.8) is 0 Å². The first kappa shape index (κ1) is 23.6. The zero-order chi connectivity index (χ0) is 21.6. The van der Waals surface area contributed by atoms with E-state index in [9.17, 15) is 4.79 Å². The molecular formula is C23H36N4O3. The lowest BCUT2D eigenvalue weighted by Crippen LogP contribution is -2.37. The summed E-state index contributed by atoms with van der Waals surface area (Å²) in [5, 5.41) is 9.42. The Morgan fingerprint density at radius 1 is 1.10 bits per heavy atom. The minimum atomic E-state index is -0.154. The minimum absolute atomic E-state index is 0.0351. The Morgan fingerprint density at radius 2 is 1.93 bits per heavy atom. The number of rotatable bonds is 11. The van der Waals surface area contributed by atoms with E-state index in [0.717, 1.165) is 31.0 Å². The highest BCUT2D eigenvalue weighted by atomic mass is 16.5. The van der Waals surface area contributed by atoms with Crippen LogP contribution < -0.4 is 25.4 Å². The van der Waals surface area contributed by atoms with Crippen LogP contribution in [0.25, 0.3) is 0 Å². The van der Waals surface area contributed by atoms with Crippen molar-refractivity contribution in [2.75, 3.05) is 33.4 Å². The Bertz CT molecular complexity index is 731. The average molecular weight is 417 g/mol. The third-order valence-corrected chi connectivity index (χ3v) is 4.85.